The van der Waals surface area contributed by atoms with Gasteiger partial charge < -0.3 is 27.8 Å². The van der Waals surface area contributed by atoms with Crippen molar-refractivity contribution in [2.75, 3.05) is 21.0 Å². The van der Waals surface area contributed by atoms with Crippen LogP contribution in [0.2, 0.25) is 0 Å². The Bertz CT molecular complexity index is 1250. The molecule has 7 heteroatoms. The van der Waals surface area contributed by atoms with Crippen molar-refractivity contribution in [3.05, 3.63) is 46.8 Å². The predicted octanol–water partition coefficient (Wildman–Crippen LogP) is 3.95. The molecule has 0 saturated heterocycles. The van der Waals surface area contributed by atoms with Gasteiger partial charge in [0.25, 0.3) is 0 Å². The fraction of sp³-hybridized carbons (Fsp3) is 0.150. The number of benzene rings is 2. The summed E-state index contributed by atoms with van der Waals surface area (Å²) in [5, 5.41) is 0.926. The van der Waals surface area contributed by atoms with E-state index in [0.29, 0.717) is 50.5 Å². The van der Waals surface area contributed by atoms with Crippen LogP contribution in [-0.2, 0) is 0 Å². The third kappa shape index (κ3) is 2.18. The lowest BCUT2D eigenvalue weighted by molar-refractivity contribution is 0.174. The Labute approximate surface area is 152 Å². The lowest BCUT2D eigenvalue weighted by Gasteiger charge is -2.12. The van der Waals surface area contributed by atoms with E-state index >= 15 is 0 Å². The molecule has 7 nitrogen and oxygen atoms in total. The first-order chi connectivity index (χ1) is 13.2. The summed E-state index contributed by atoms with van der Waals surface area (Å²) in [4.78, 5) is 12.9. The smallest absolute Gasteiger partial charge is 0.231 e. The number of fused-ring (bicyclic) bond motifs is 4. The molecule has 0 bridgehead atoms. The van der Waals surface area contributed by atoms with E-state index in [1.54, 1.807) is 18.2 Å². The third-order valence-corrected chi connectivity index (χ3v) is 4.56. The van der Waals surface area contributed by atoms with Gasteiger partial charge in [-0.05, 0) is 24.3 Å². The van der Waals surface area contributed by atoms with Crippen LogP contribution >= 0.6 is 0 Å². The fourth-order valence-electron chi connectivity index (χ4n) is 3.35. The Morgan fingerprint density at radius 1 is 0.926 bits per heavy atom. The molecule has 0 aliphatic carbocycles. The van der Waals surface area contributed by atoms with Gasteiger partial charge in [-0.1, -0.05) is 0 Å². The van der Waals surface area contributed by atoms with Crippen LogP contribution in [0.15, 0.2) is 50.2 Å². The number of methoxy groups -OCH3 is 2. The number of hydrogen-bond acceptors (Lipinski definition) is 7. The molecule has 136 valence electrons. The molecule has 27 heavy (non-hydrogen) atoms. The first kappa shape index (κ1) is 15.6. The van der Waals surface area contributed by atoms with Gasteiger partial charge in [-0.25, -0.2) is 0 Å². The highest BCUT2D eigenvalue weighted by molar-refractivity contribution is 6.09. The summed E-state index contributed by atoms with van der Waals surface area (Å²) in [7, 11) is 2.96. The summed E-state index contributed by atoms with van der Waals surface area (Å²) in [6.07, 6.45) is 1.51. The van der Waals surface area contributed by atoms with Crippen molar-refractivity contribution in [1.29, 1.82) is 0 Å². The standard InChI is InChI=1S/C20H14O7/c1-22-19-16-12(21)8-14(10-3-4-13-15(7-10)26-9-25-13)27-17(16)11-5-6-24-18(11)20(19)23-2/h3-8H,9H2,1-2H3. The summed E-state index contributed by atoms with van der Waals surface area (Å²) in [6.45, 7) is 0.174. The Kier molecular flexibility index (Phi) is 3.30. The van der Waals surface area contributed by atoms with Crippen molar-refractivity contribution in [3.8, 4) is 34.3 Å². The molecule has 5 rings (SSSR count). The third-order valence-electron chi connectivity index (χ3n) is 4.56. The summed E-state index contributed by atoms with van der Waals surface area (Å²) in [5.74, 6) is 2.30. The molecule has 3 heterocycles. The molecule has 0 unspecified atom stereocenters. The van der Waals surface area contributed by atoms with Gasteiger partial charge >= 0.3 is 0 Å². The quantitative estimate of drug-likeness (QED) is 0.543. The first-order valence-electron chi connectivity index (χ1n) is 8.20. The Hall–Kier alpha value is -3.61. The molecule has 0 radical (unpaired) electrons. The molecule has 2 aromatic carbocycles. The van der Waals surface area contributed by atoms with E-state index in [0.717, 1.165) is 0 Å². The fourth-order valence-corrected chi connectivity index (χ4v) is 3.35. The van der Waals surface area contributed by atoms with Gasteiger partial charge in [0.05, 0.1) is 25.9 Å². The number of rotatable bonds is 3. The van der Waals surface area contributed by atoms with Crippen molar-refractivity contribution in [3.63, 3.8) is 0 Å². The topological polar surface area (TPSA) is 80.3 Å². The second-order valence-corrected chi connectivity index (χ2v) is 5.98. The minimum absolute atomic E-state index is 0.174. The average Bonchev–Trinajstić information content (AvgIpc) is 3.35. The van der Waals surface area contributed by atoms with Gasteiger partial charge in [0.1, 0.15) is 11.1 Å². The van der Waals surface area contributed by atoms with Crippen molar-refractivity contribution >= 4 is 21.9 Å². The molecule has 0 atom stereocenters. The van der Waals surface area contributed by atoms with E-state index in [4.69, 9.17) is 27.8 Å². The lowest BCUT2D eigenvalue weighted by atomic mass is 10.1. The van der Waals surface area contributed by atoms with Crippen LogP contribution in [0.4, 0.5) is 0 Å². The zero-order valence-corrected chi connectivity index (χ0v) is 14.5. The summed E-state index contributed by atoms with van der Waals surface area (Å²) in [5.41, 5.74) is 1.27. The normalized spacial score (nSPS) is 12.7. The van der Waals surface area contributed by atoms with E-state index in [-0.39, 0.29) is 18.0 Å². The molecular weight excluding hydrogens is 352 g/mol. The van der Waals surface area contributed by atoms with Crippen LogP contribution < -0.4 is 24.4 Å². The van der Waals surface area contributed by atoms with E-state index in [9.17, 15) is 4.79 Å². The molecule has 1 aliphatic rings. The Morgan fingerprint density at radius 3 is 2.56 bits per heavy atom. The number of hydrogen-bond donors (Lipinski definition) is 0. The maximum atomic E-state index is 12.9. The van der Waals surface area contributed by atoms with Gasteiger partial charge in [0, 0.05) is 11.6 Å². The SMILES string of the molecule is COc1c(OC)c2c(=O)cc(-c3ccc4c(c3)OCO4)oc2c2ccoc12. The van der Waals surface area contributed by atoms with Gasteiger partial charge in [-0.3, -0.25) is 4.79 Å². The van der Waals surface area contributed by atoms with Gasteiger partial charge in [0.2, 0.25) is 12.5 Å². The molecule has 0 N–H and O–H groups in total. The molecule has 0 amide bonds. The predicted molar refractivity (Wildman–Crippen MR) is 96.9 cm³/mol. The second kappa shape index (κ2) is 5.70. The Balaban J connectivity index is 1.84. The van der Waals surface area contributed by atoms with Crippen molar-refractivity contribution in [1.82, 2.24) is 0 Å². The monoisotopic (exact) mass is 366 g/mol. The maximum Gasteiger partial charge on any atom is 0.231 e. The van der Waals surface area contributed by atoms with Crippen LogP contribution in [-0.4, -0.2) is 21.0 Å². The second-order valence-electron chi connectivity index (χ2n) is 5.98. The summed E-state index contributed by atoms with van der Waals surface area (Å²) < 4.78 is 33.2. The molecule has 1 aliphatic heterocycles. The molecule has 0 saturated carbocycles. The van der Waals surface area contributed by atoms with Crippen molar-refractivity contribution in [2.45, 2.75) is 0 Å². The van der Waals surface area contributed by atoms with Gasteiger partial charge in [-0.15, -0.1) is 0 Å². The first-order valence-corrected chi connectivity index (χ1v) is 8.20. The van der Waals surface area contributed by atoms with Gasteiger partial charge in [0.15, 0.2) is 33.8 Å². The maximum absolute atomic E-state index is 12.9. The van der Waals surface area contributed by atoms with Gasteiger partial charge in [-0.2, -0.15) is 0 Å². The van der Waals surface area contributed by atoms with Crippen LogP contribution in [0.3, 0.4) is 0 Å². The lowest BCUT2D eigenvalue weighted by Crippen LogP contribution is -2.04. The minimum Gasteiger partial charge on any atom is -0.492 e. The van der Waals surface area contributed by atoms with Crippen molar-refractivity contribution < 1.29 is 27.8 Å². The van der Waals surface area contributed by atoms with Crippen LogP contribution in [0.5, 0.6) is 23.0 Å². The van der Waals surface area contributed by atoms with E-state index < -0.39 is 0 Å². The molecular formula is C20H14O7. The number of furan rings is 1. The minimum atomic E-state index is -0.248. The van der Waals surface area contributed by atoms with E-state index in [1.165, 1.54) is 26.5 Å². The highest BCUT2D eigenvalue weighted by Gasteiger charge is 2.23. The largest absolute Gasteiger partial charge is 0.492 e. The Morgan fingerprint density at radius 2 is 1.74 bits per heavy atom. The number of ether oxygens (including phenoxy) is 4. The average molecular weight is 366 g/mol. The molecule has 4 aromatic rings. The van der Waals surface area contributed by atoms with E-state index in [1.807, 2.05) is 6.07 Å². The molecule has 2 aromatic heterocycles. The summed E-state index contributed by atoms with van der Waals surface area (Å²) in [6, 6.07) is 8.52. The van der Waals surface area contributed by atoms with Crippen LogP contribution in [0, 0.1) is 0 Å². The highest BCUT2D eigenvalue weighted by atomic mass is 16.7. The van der Waals surface area contributed by atoms with Crippen LogP contribution in [0.1, 0.15) is 0 Å². The summed E-state index contributed by atoms with van der Waals surface area (Å²) >= 11 is 0. The molecule has 0 fully saturated rings. The zero-order chi connectivity index (χ0) is 18.5. The highest BCUT2D eigenvalue weighted by Crippen LogP contribution is 2.44. The van der Waals surface area contributed by atoms with Crippen LogP contribution in [0.25, 0.3) is 33.3 Å². The van der Waals surface area contributed by atoms with Crippen molar-refractivity contribution in [2.24, 2.45) is 0 Å². The van der Waals surface area contributed by atoms with E-state index in [2.05, 4.69) is 0 Å². The molecule has 0 spiro atoms. The zero-order valence-electron chi connectivity index (χ0n) is 14.5.